The number of nitrogens with one attached hydrogen (secondary N) is 2. The minimum atomic E-state index is -1.04. The molecule has 4 nitrogen and oxygen atoms in total. The van der Waals surface area contributed by atoms with Crippen LogP contribution in [-0.2, 0) is 0 Å². The molecule has 0 saturated heterocycles. The second-order valence-electron chi connectivity index (χ2n) is 4.89. The van der Waals surface area contributed by atoms with E-state index in [0.717, 1.165) is 17.7 Å². The molecule has 0 heterocycles. The molecule has 0 aromatic heterocycles. The van der Waals surface area contributed by atoms with E-state index in [9.17, 15) is 18.7 Å². The van der Waals surface area contributed by atoms with Crippen LogP contribution < -0.4 is 10.6 Å². The van der Waals surface area contributed by atoms with Crippen LogP contribution in [0.2, 0.25) is 0 Å². The summed E-state index contributed by atoms with van der Waals surface area (Å²) in [5, 5.41) is 14.8. The molecule has 2 aromatic rings. The first-order valence-corrected chi connectivity index (χ1v) is 6.70. The summed E-state index contributed by atoms with van der Waals surface area (Å²) in [6.07, 6.45) is -0.851. The molecule has 3 N–H and O–H groups in total. The lowest BCUT2D eigenvalue weighted by Gasteiger charge is -2.13. The minimum absolute atomic E-state index is 0.00142. The van der Waals surface area contributed by atoms with Gasteiger partial charge in [0.05, 0.1) is 6.10 Å². The highest BCUT2D eigenvalue weighted by Gasteiger charge is 2.10. The Morgan fingerprint density at radius 2 is 1.82 bits per heavy atom. The Labute approximate surface area is 126 Å². The largest absolute Gasteiger partial charge is 0.387 e. The lowest BCUT2D eigenvalue weighted by atomic mass is 10.1. The normalized spacial score (nSPS) is 11.8. The highest BCUT2D eigenvalue weighted by atomic mass is 19.2. The van der Waals surface area contributed by atoms with Crippen molar-refractivity contribution in [3.63, 3.8) is 0 Å². The summed E-state index contributed by atoms with van der Waals surface area (Å²) >= 11 is 0. The van der Waals surface area contributed by atoms with Crippen molar-refractivity contribution in [2.75, 3.05) is 11.9 Å². The highest BCUT2D eigenvalue weighted by Crippen LogP contribution is 2.14. The summed E-state index contributed by atoms with van der Waals surface area (Å²) in [4.78, 5) is 11.6. The first-order chi connectivity index (χ1) is 10.5. The molecule has 2 aromatic carbocycles. The molecule has 0 bridgehead atoms. The molecule has 0 aliphatic carbocycles. The van der Waals surface area contributed by atoms with Gasteiger partial charge in [-0.25, -0.2) is 13.6 Å². The topological polar surface area (TPSA) is 61.4 Å². The number of carbonyl (C=O) groups is 1. The highest BCUT2D eigenvalue weighted by molar-refractivity contribution is 5.89. The van der Waals surface area contributed by atoms with Crippen LogP contribution in [0.25, 0.3) is 0 Å². The Hall–Kier alpha value is -2.47. The van der Waals surface area contributed by atoms with E-state index in [2.05, 4.69) is 10.6 Å². The van der Waals surface area contributed by atoms with E-state index >= 15 is 0 Å². The van der Waals surface area contributed by atoms with Gasteiger partial charge in [-0.2, -0.15) is 0 Å². The second-order valence-corrected chi connectivity index (χ2v) is 4.89. The third-order valence-electron chi connectivity index (χ3n) is 3.10. The molecule has 6 heteroatoms. The third kappa shape index (κ3) is 4.26. The maximum absolute atomic E-state index is 13.0. The van der Waals surface area contributed by atoms with E-state index in [1.54, 1.807) is 12.1 Å². The molecule has 0 unspecified atom stereocenters. The first-order valence-electron chi connectivity index (χ1n) is 6.70. The Balaban J connectivity index is 1.86. The summed E-state index contributed by atoms with van der Waals surface area (Å²) in [7, 11) is 0. The van der Waals surface area contributed by atoms with E-state index in [1.165, 1.54) is 6.07 Å². The van der Waals surface area contributed by atoms with Crippen molar-refractivity contribution in [1.29, 1.82) is 0 Å². The Morgan fingerprint density at radius 3 is 2.45 bits per heavy atom. The number of hydrogen-bond donors (Lipinski definition) is 3. The van der Waals surface area contributed by atoms with E-state index in [1.807, 2.05) is 19.1 Å². The van der Waals surface area contributed by atoms with Crippen molar-refractivity contribution < 1.29 is 18.7 Å². The first kappa shape index (κ1) is 15.9. The van der Waals surface area contributed by atoms with Crippen LogP contribution in [0.3, 0.4) is 0 Å². The number of aryl methyl sites for hydroxylation is 1. The molecule has 116 valence electrons. The van der Waals surface area contributed by atoms with Crippen molar-refractivity contribution in [3.8, 4) is 0 Å². The quantitative estimate of drug-likeness (QED) is 0.812. The fourth-order valence-electron chi connectivity index (χ4n) is 1.84. The number of amides is 2. The molecular weight excluding hydrogens is 290 g/mol. The maximum Gasteiger partial charge on any atom is 0.319 e. The lowest BCUT2D eigenvalue weighted by Crippen LogP contribution is -2.32. The van der Waals surface area contributed by atoms with E-state index in [0.29, 0.717) is 5.56 Å². The molecule has 2 rings (SSSR count). The van der Waals surface area contributed by atoms with Gasteiger partial charge in [0, 0.05) is 18.3 Å². The molecule has 0 aliphatic heterocycles. The second kappa shape index (κ2) is 7.00. The van der Waals surface area contributed by atoms with E-state index in [-0.39, 0.29) is 12.2 Å². The molecule has 0 aliphatic rings. The average Bonchev–Trinajstić information content (AvgIpc) is 2.49. The van der Waals surface area contributed by atoms with Crippen LogP contribution in [0.5, 0.6) is 0 Å². The van der Waals surface area contributed by atoms with Gasteiger partial charge >= 0.3 is 6.03 Å². The van der Waals surface area contributed by atoms with Crippen LogP contribution >= 0.6 is 0 Å². The van der Waals surface area contributed by atoms with Crippen molar-refractivity contribution in [3.05, 3.63) is 65.2 Å². The molecule has 2 amide bonds. The zero-order valence-corrected chi connectivity index (χ0v) is 11.9. The van der Waals surface area contributed by atoms with Gasteiger partial charge in [0.25, 0.3) is 0 Å². The number of urea groups is 1. The summed E-state index contributed by atoms with van der Waals surface area (Å²) in [5.41, 5.74) is 1.87. The van der Waals surface area contributed by atoms with Gasteiger partial charge in [0.1, 0.15) is 0 Å². The van der Waals surface area contributed by atoms with Crippen LogP contribution in [0.1, 0.15) is 17.2 Å². The van der Waals surface area contributed by atoms with Crippen LogP contribution in [-0.4, -0.2) is 17.7 Å². The van der Waals surface area contributed by atoms with Gasteiger partial charge in [-0.15, -0.1) is 0 Å². The molecular formula is C16H16F2N2O2. The summed E-state index contributed by atoms with van der Waals surface area (Å²) in [6.45, 7) is 1.93. The number of halogens is 2. The number of aliphatic hydroxyl groups is 1. The van der Waals surface area contributed by atoms with Crippen molar-refractivity contribution >= 4 is 11.7 Å². The fourth-order valence-corrected chi connectivity index (χ4v) is 1.84. The summed E-state index contributed by atoms with van der Waals surface area (Å²) in [5.74, 6) is -2.03. The van der Waals surface area contributed by atoms with E-state index in [4.69, 9.17) is 0 Å². The smallest absolute Gasteiger partial charge is 0.319 e. The Morgan fingerprint density at radius 1 is 1.14 bits per heavy atom. The predicted octanol–water partition coefficient (Wildman–Crippen LogP) is 3.13. The number of hydrogen-bond acceptors (Lipinski definition) is 2. The van der Waals surface area contributed by atoms with Gasteiger partial charge in [-0.1, -0.05) is 29.8 Å². The number of anilines is 1. The molecule has 1 atom stereocenters. The maximum atomic E-state index is 13.0. The van der Waals surface area contributed by atoms with E-state index < -0.39 is 23.8 Å². The average molecular weight is 306 g/mol. The summed E-state index contributed by atoms with van der Waals surface area (Å²) < 4.78 is 25.8. The van der Waals surface area contributed by atoms with Gasteiger partial charge in [-0.3, -0.25) is 0 Å². The molecule has 0 fully saturated rings. The van der Waals surface area contributed by atoms with Crippen LogP contribution in [0.15, 0.2) is 42.5 Å². The molecule has 0 spiro atoms. The van der Waals surface area contributed by atoms with Gasteiger partial charge in [0.2, 0.25) is 0 Å². The number of rotatable bonds is 4. The number of aliphatic hydroxyl groups excluding tert-OH is 1. The molecule has 0 saturated carbocycles. The van der Waals surface area contributed by atoms with Crippen molar-refractivity contribution in [2.45, 2.75) is 13.0 Å². The number of carbonyl (C=O) groups excluding carboxylic acids is 1. The van der Waals surface area contributed by atoms with Gasteiger partial charge in [0.15, 0.2) is 11.6 Å². The monoisotopic (exact) mass is 306 g/mol. The van der Waals surface area contributed by atoms with Crippen LogP contribution in [0, 0.1) is 18.6 Å². The van der Waals surface area contributed by atoms with Crippen LogP contribution in [0.4, 0.5) is 19.3 Å². The van der Waals surface area contributed by atoms with Crippen molar-refractivity contribution in [1.82, 2.24) is 5.32 Å². The Kier molecular flexibility index (Phi) is 5.06. The zero-order valence-electron chi connectivity index (χ0n) is 11.9. The van der Waals surface area contributed by atoms with Gasteiger partial charge in [-0.05, 0) is 24.6 Å². The standard InChI is InChI=1S/C16H16F2N2O2/c1-10-2-4-11(5-3-10)15(21)9-19-16(22)20-12-6-7-13(17)14(18)8-12/h2-8,15,21H,9H2,1H3,(H2,19,20,22)/t15-/m0/s1. The number of benzene rings is 2. The Bertz CT molecular complexity index is 660. The SMILES string of the molecule is Cc1ccc([C@@H](O)CNC(=O)Nc2ccc(F)c(F)c2)cc1. The predicted molar refractivity (Wildman–Crippen MR) is 79.5 cm³/mol. The summed E-state index contributed by atoms with van der Waals surface area (Å²) in [6, 6.07) is 9.70. The minimum Gasteiger partial charge on any atom is -0.387 e. The molecule has 0 radical (unpaired) electrons. The zero-order chi connectivity index (χ0) is 16.1. The molecule has 22 heavy (non-hydrogen) atoms. The third-order valence-corrected chi connectivity index (χ3v) is 3.10. The fraction of sp³-hybridized carbons (Fsp3) is 0.188. The van der Waals surface area contributed by atoms with Gasteiger partial charge < -0.3 is 15.7 Å². The lowest BCUT2D eigenvalue weighted by molar-refractivity contribution is 0.175. The van der Waals surface area contributed by atoms with Crippen molar-refractivity contribution in [2.24, 2.45) is 0 Å².